The number of nitrogens with zero attached hydrogens (tertiary/aromatic N) is 2. The Labute approximate surface area is 112 Å². The summed E-state index contributed by atoms with van der Waals surface area (Å²) in [5, 5.41) is 3.99. The van der Waals surface area contributed by atoms with Gasteiger partial charge in [-0.25, -0.2) is 4.98 Å². The van der Waals surface area contributed by atoms with Crippen molar-refractivity contribution < 1.29 is 0 Å². The van der Waals surface area contributed by atoms with E-state index < -0.39 is 0 Å². The smallest absolute Gasteiger partial charge is 0.261 e. The van der Waals surface area contributed by atoms with E-state index >= 15 is 0 Å². The van der Waals surface area contributed by atoms with Gasteiger partial charge in [-0.2, -0.15) is 0 Å². The average Bonchev–Trinajstić information content (AvgIpc) is 2.43. The Morgan fingerprint density at radius 3 is 2.89 bits per heavy atom. The van der Waals surface area contributed by atoms with Crippen LogP contribution in [0.25, 0.3) is 10.9 Å². The zero-order valence-electron chi connectivity index (χ0n) is 11.4. The molecule has 5 heteroatoms. The summed E-state index contributed by atoms with van der Waals surface area (Å²) in [6, 6.07) is 7.45. The van der Waals surface area contributed by atoms with E-state index in [1.165, 1.54) is 0 Å². The number of rotatable bonds is 5. The second kappa shape index (κ2) is 5.95. The summed E-state index contributed by atoms with van der Waals surface area (Å²) >= 11 is 0. The van der Waals surface area contributed by atoms with E-state index in [0.29, 0.717) is 11.9 Å². The van der Waals surface area contributed by atoms with Gasteiger partial charge >= 0.3 is 0 Å². The lowest BCUT2D eigenvalue weighted by atomic mass is 10.2. The maximum absolute atomic E-state index is 12.3. The van der Waals surface area contributed by atoms with Crippen LogP contribution in [0.4, 0.5) is 0 Å². The monoisotopic (exact) mass is 260 g/mol. The molecule has 0 amide bonds. The van der Waals surface area contributed by atoms with Crippen LogP contribution in [-0.4, -0.2) is 22.6 Å². The molecule has 1 aromatic carbocycles. The lowest BCUT2D eigenvalue weighted by Gasteiger charge is -2.17. The van der Waals surface area contributed by atoms with Crippen molar-refractivity contribution in [1.29, 1.82) is 0 Å². The maximum atomic E-state index is 12.3. The first kappa shape index (κ1) is 13.7. The fourth-order valence-electron chi connectivity index (χ4n) is 2.13. The number of aromatic nitrogens is 2. The van der Waals surface area contributed by atoms with Crippen molar-refractivity contribution in [3.8, 4) is 0 Å². The summed E-state index contributed by atoms with van der Waals surface area (Å²) in [6.07, 6.45) is 0.909. The Kier molecular flexibility index (Phi) is 4.29. The van der Waals surface area contributed by atoms with Gasteiger partial charge < -0.3 is 11.1 Å². The SMILES string of the molecule is CC(NCCCN)c1nc2ccccc2c(=O)n1C. The molecule has 3 N–H and O–H groups in total. The van der Waals surface area contributed by atoms with Gasteiger partial charge in [0.2, 0.25) is 0 Å². The number of hydrogen-bond donors (Lipinski definition) is 2. The Balaban J connectivity index is 2.38. The Hall–Kier alpha value is -1.72. The fourth-order valence-corrected chi connectivity index (χ4v) is 2.13. The van der Waals surface area contributed by atoms with Crippen molar-refractivity contribution in [2.45, 2.75) is 19.4 Å². The Bertz CT molecular complexity index is 620. The first-order chi connectivity index (χ1) is 9.15. The van der Waals surface area contributed by atoms with Gasteiger partial charge in [0.25, 0.3) is 5.56 Å². The summed E-state index contributed by atoms with van der Waals surface area (Å²) in [6.45, 7) is 3.48. The second-order valence-corrected chi connectivity index (χ2v) is 4.67. The molecule has 2 aromatic rings. The molecule has 1 atom stereocenters. The molecule has 2 rings (SSSR count). The second-order valence-electron chi connectivity index (χ2n) is 4.67. The highest BCUT2D eigenvalue weighted by molar-refractivity contribution is 5.77. The predicted molar refractivity (Wildman–Crippen MR) is 77.1 cm³/mol. The lowest BCUT2D eigenvalue weighted by molar-refractivity contribution is 0.514. The highest BCUT2D eigenvalue weighted by atomic mass is 16.1. The number of para-hydroxylation sites is 1. The van der Waals surface area contributed by atoms with Gasteiger partial charge in [-0.05, 0) is 38.6 Å². The number of fused-ring (bicyclic) bond motifs is 1. The first-order valence-electron chi connectivity index (χ1n) is 6.54. The molecule has 0 aliphatic carbocycles. The van der Waals surface area contributed by atoms with E-state index in [9.17, 15) is 4.79 Å². The van der Waals surface area contributed by atoms with Gasteiger partial charge in [-0.1, -0.05) is 12.1 Å². The highest BCUT2D eigenvalue weighted by Gasteiger charge is 2.13. The van der Waals surface area contributed by atoms with Crippen molar-refractivity contribution in [1.82, 2.24) is 14.9 Å². The molecule has 102 valence electrons. The van der Waals surface area contributed by atoms with Gasteiger partial charge in [-0.3, -0.25) is 9.36 Å². The predicted octanol–water partition coefficient (Wildman–Crippen LogP) is 0.933. The summed E-state index contributed by atoms with van der Waals surface area (Å²) in [5.41, 5.74) is 6.21. The van der Waals surface area contributed by atoms with Crippen LogP contribution in [0.1, 0.15) is 25.2 Å². The van der Waals surface area contributed by atoms with Gasteiger partial charge in [0.05, 0.1) is 16.9 Å². The maximum Gasteiger partial charge on any atom is 0.261 e. The Morgan fingerprint density at radius 1 is 1.42 bits per heavy atom. The van der Waals surface area contributed by atoms with Gasteiger partial charge in [0.15, 0.2) is 0 Å². The molecule has 19 heavy (non-hydrogen) atoms. The summed E-state index contributed by atoms with van der Waals surface area (Å²) in [5.74, 6) is 0.751. The third-order valence-corrected chi connectivity index (χ3v) is 3.24. The van der Waals surface area contributed by atoms with Crippen LogP contribution in [0.3, 0.4) is 0 Å². The molecule has 0 spiro atoms. The molecule has 0 saturated heterocycles. The number of hydrogen-bond acceptors (Lipinski definition) is 4. The van der Waals surface area contributed by atoms with E-state index in [1.807, 2.05) is 25.1 Å². The summed E-state index contributed by atoms with van der Waals surface area (Å²) in [4.78, 5) is 16.8. The van der Waals surface area contributed by atoms with Gasteiger partial charge in [0.1, 0.15) is 5.82 Å². The minimum atomic E-state index is -0.00641. The van der Waals surface area contributed by atoms with Crippen LogP contribution < -0.4 is 16.6 Å². The zero-order valence-corrected chi connectivity index (χ0v) is 11.4. The van der Waals surface area contributed by atoms with Crippen LogP contribution in [0.15, 0.2) is 29.1 Å². The zero-order chi connectivity index (χ0) is 13.8. The minimum Gasteiger partial charge on any atom is -0.330 e. The van der Waals surface area contributed by atoms with Gasteiger partial charge in [-0.15, -0.1) is 0 Å². The summed E-state index contributed by atoms with van der Waals surface area (Å²) < 4.78 is 1.61. The lowest BCUT2D eigenvalue weighted by Crippen LogP contribution is -2.30. The van der Waals surface area contributed by atoms with E-state index in [1.54, 1.807) is 17.7 Å². The summed E-state index contributed by atoms with van der Waals surface area (Å²) in [7, 11) is 1.76. The number of nitrogens with one attached hydrogen (secondary N) is 1. The largest absolute Gasteiger partial charge is 0.330 e. The van der Waals surface area contributed by atoms with Crippen molar-refractivity contribution in [3.05, 3.63) is 40.4 Å². The first-order valence-corrected chi connectivity index (χ1v) is 6.54. The molecular formula is C14H20N4O. The normalized spacial score (nSPS) is 12.8. The van der Waals surface area contributed by atoms with Crippen LogP contribution in [0.5, 0.6) is 0 Å². The standard InChI is InChI=1S/C14H20N4O/c1-10(16-9-5-8-15)13-17-12-7-4-3-6-11(12)14(19)18(13)2/h3-4,6-7,10,16H,5,8-9,15H2,1-2H3. The van der Waals surface area contributed by atoms with Crippen LogP contribution in [0.2, 0.25) is 0 Å². The molecule has 0 aliphatic heterocycles. The topological polar surface area (TPSA) is 72.9 Å². The minimum absolute atomic E-state index is 0.00641. The molecule has 0 fully saturated rings. The molecule has 0 bridgehead atoms. The van der Waals surface area contributed by atoms with E-state index in [0.717, 1.165) is 24.3 Å². The molecule has 0 aliphatic rings. The quantitative estimate of drug-likeness (QED) is 0.785. The van der Waals surface area contributed by atoms with Crippen LogP contribution in [0, 0.1) is 0 Å². The van der Waals surface area contributed by atoms with E-state index in [2.05, 4.69) is 10.3 Å². The highest BCUT2D eigenvalue weighted by Crippen LogP contribution is 2.12. The third kappa shape index (κ3) is 2.83. The molecule has 1 aromatic heterocycles. The van der Waals surface area contributed by atoms with Crippen LogP contribution in [-0.2, 0) is 7.05 Å². The van der Waals surface area contributed by atoms with Crippen molar-refractivity contribution in [3.63, 3.8) is 0 Å². The molecule has 0 radical (unpaired) electrons. The molecule has 5 nitrogen and oxygen atoms in total. The molecule has 1 unspecified atom stereocenters. The van der Waals surface area contributed by atoms with E-state index in [-0.39, 0.29) is 11.6 Å². The van der Waals surface area contributed by atoms with Crippen molar-refractivity contribution in [2.75, 3.05) is 13.1 Å². The fraction of sp³-hybridized carbons (Fsp3) is 0.429. The molecular weight excluding hydrogens is 240 g/mol. The average molecular weight is 260 g/mol. The Morgan fingerprint density at radius 2 is 2.16 bits per heavy atom. The number of nitrogens with two attached hydrogens (primary N) is 1. The molecule has 0 saturated carbocycles. The van der Waals surface area contributed by atoms with E-state index in [4.69, 9.17) is 5.73 Å². The molecule has 1 heterocycles. The third-order valence-electron chi connectivity index (χ3n) is 3.24. The van der Waals surface area contributed by atoms with Crippen molar-refractivity contribution in [2.24, 2.45) is 12.8 Å². The van der Waals surface area contributed by atoms with Gasteiger partial charge in [0, 0.05) is 7.05 Å². The van der Waals surface area contributed by atoms with Crippen molar-refractivity contribution >= 4 is 10.9 Å². The number of benzene rings is 1. The van der Waals surface area contributed by atoms with Crippen LogP contribution >= 0.6 is 0 Å².